The maximum atomic E-state index is 9.76. The molecule has 0 saturated carbocycles. The highest BCUT2D eigenvalue weighted by Gasteiger charge is 2.23. The summed E-state index contributed by atoms with van der Waals surface area (Å²) >= 11 is 0. The summed E-state index contributed by atoms with van der Waals surface area (Å²) in [6.45, 7) is 2.16. The van der Waals surface area contributed by atoms with E-state index >= 15 is 0 Å². The van der Waals surface area contributed by atoms with Crippen LogP contribution in [0.15, 0.2) is 18.2 Å². The molecular weight excluding hydrogens is 212 g/mol. The summed E-state index contributed by atoms with van der Waals surface area (Å²) in [6, 6.07) is 6.28. The van der Waals surface area contributed by atoms with Crippen LogP contribution in [0.5, 0.6) is 5.75 Å². The Morgan fingerprint density at radius 3 is 3.00 bits per heavy atom. The van der Waals surface area contributed by atoms with Crippen molar-refractivity contribution in [2.45, 2.75) is 25.3 Å². The molecule has 1 aliphatic rings. The van der Waals surface area contributed by atoms with Crippen LogP contribution in [0.25, 0.3) is 0 Å². The molecule has 1 unspecified atom stereocenters. The molecule has 2 N–H and O–H groups in total. The van der Waals surface area contributed by atoms with E-state index in [-0.39, 0.29) is 0 Å². The predicted molar refractivity (Wildman–Crippen MR) is 70.3 cm³/mol. The lowest BCUT2D eigenvalue weighted by Crippen LogP contribution is -2.24. The quantitative estimate of drug-likeness (QED) is 0.764. The first-order valence-corrected chi connectivity index (χ1v) is 6.37. The van der Waals surface area contributed by atoms with Crippen LogP contribution < -0.4 is 5.32 Å². The van der Waals surface area contributed by atoms with E-state index in [1.807, 2.05) is 6.07 Å². The Morgan fingerprint density at radius 2 is 2.24 bits per heavy atom. The summed E-state index contributed by atoms with van der Waals surface area (Å²) in [5.74, 6) is 0.458. The maximum absolute atomic E-state index is 9.76. The van der Waals surface area contributed by atoms with E-state index in [4.69, 9.17) is 0 Å². The lowest BCUT2D eigenvalue weighted by molar-refractivity contribution is 0.386. The summed E-state index contributed by atoms with van der Waals surface area (Å²) in [7, 11) is 4.20. The molecule has 0 heterocycles. The van der Waals surface area contributed by atoms with Gasteiger partial charge in [0.2, 0.25) is 0 Å². The zero-order chi connectivity index (χ0) is 12.3. The average Bonchev–Trinajstić information content (AvgIpc) is 2.69. The second-order valence-corrected chi connectivity index (χ2v) is 5.05. The Hall–Kier alpha value is -1.06. The van der Waals surface area contributed by atoms with Crippen LogP contribution in [0.1, 0.15) is 30.0 Å². The topological polar surface area (TPSA) is 35.5 Å². The van der Waals surface area contributed by atoms with Crippen LogP contribution in [-0.2, 0) is 6.42 Å². The van der Waals surface area contributed by atoms with Gasteiger partial charge in [-0.15, -0.1) is 0 Å². The first-order valence-electron chi connectivity index (χ1n) is 6.37. The van der Waals surface area contributed by atoms with E-state index in [9.17, 15) is 5.11 Å². The smallest absolute Gasteiger partial charge is 0.119 e. The Labute approximate surface area is 103 Å². The molecular formula is C14H22N2O. The Bertz CT molecular complexity index is 376. The zero-order valence-corrected chi connectivity index (χ0v) is 10.7. The molecule has 0 spiro atoms. The number of nitrogens with zero attached hydrogens (tertiary/aromatic N) is 1. The molecule has 1 atom stereocenters. The first-order chi connectivity index (χ1) is 8.18. The summed E-state index contributed by atoms with van der Waals surface area (Å²) in [5, 5.41) is 13.3. The summed E-state index contributed by atoms with van der Waals surface area (Å²) in [4.78, 5) is 2.20. The molecule has 0 aromatic heterocycles. The van der Waals surface area contributed by atoms with Crippen molar-refractivity contribution in [2.24, 2.45) is 0 Å². The number of nitrogens with one attached hydrogen (secondary N) is 1. The highest BCUT2D eigenvalue weighted by atomic mass is 16.3. The molecule has 2 rings (SSSR count). The van der Waals surface area contributed by atoms with Crippen molar-refractivity contribution < 1.29 is 5.11 Å². The van der Waals surface area contributed by atoms with Crippen LogP contribution in [0.3, 0.4) is 0 Å². The van der Waals surface area contributed by atoms with Gasteiger partial charge in [-0.25, -0.2) is 0 Å². The van der Waals surface area contributed by atoms with Gasteiger partial charge in [0.25, 0.3) is 0 Å². The van der Waals surface area contributed by atoms with Gasteiger partial charge in [-0.05, 0) is 63.6 Å². The zero-order valence-electron chi connectivity index (χ0n) is 10.7. The molecule has 0 bridgehead atoms. The van der Waals surface area contributed by atoms with E-state index in [0.717, 1.165) is 37.9 Å². The maximum Gasteiger partial charge on any atom is 0.119 e. The normalized spacial score (nSPS) is 18.6. The number of phenolic OH excluding ortho intramolecular Hbond substituents is 1. The molecule has 17 heavy (non-hydrogen) atoms. The molecule has 0 saturated heterocycles. The fourth-order valence-electron chi connectivity index (χ4n) is 2.52. The number of fused-ring (bicyclic) bond motifs is 1. The van der Waals surface area contributed by atoms with Gasteiger partial charge in [0.15, 0.2) is 0 Å². The van der Waals surface area contributed by atoms with Gasteiger partial charge in [0.1, 0.15) is 5.75 Å². The monoisotopic (exact) mass is 234 g/mol. The molecule has 0 amide bonds. The van der Waals surface area contributed by atoms with E-state index in [1.165, 1.54) is 5.56 Å². The minimum absolute atomic E-state index is 0.430. The van der Waals surface area contributed by atoms with Crippen molar-refractivity contribution in [1.29, 1.82) is 0 Å². The third-order valence-electron chi connectivity index (χ3n) is 3.42. The van der Waals surface area contributed by atoms with Crippen LogP contribution in [0.4, 0.5) is 0 Å². The first kappa shape index (κ1) is 12.4. The van der Waals surface area contributed by atoms with E-state index in [2.05, 4.69) is 30.4 Å². The molecule has 1 aliphatic carbocycles. The third kappa shape index (κ3) is 2.99. The molecule has 1 aromatic carbocycles. The summed E-state index contributed by atoms with van der Waals surface area (Å²) in [5.41, 5.74) is 2.42. The van der Waals surface area contributed by atoms with Crippen LogP contribution in [0.2, 0.25) is 0 Å². The Morgan fingerprint density at radius 1 is 1.41 bits per heavy atom. The van der Waals surface area contributed by atoms with E-state index in [0.29, 0.717) is 11.8 Å². The van der Waals surface area contributed by atoms with Crippen molar-refractivity contribution in [1.82, 2.24) is 10.2 Å². The lowest BCUT2D eigenvalue weighted by Gasteiger charge is -2.15. The second-order valence-electron chi connectivity index (χ2n) is 5.05. The standard InChI is InChI=1S/C14H22N2O/c1-16(2)10-4-9-15-13-8-7-12-11(13)5-3-6-14(12)17/h3,5-6,13,15,17H,4,7-10H2,1-2H3. The highest BCUT2D eigenvalue weighted by Crippen LogP contribution is 2.35. The molecule has 0 fully saturated rings. The second kappa shape index (κ2) is 5.52. The van der Waals surface area contributed by atoms with Crippen LogP contribution >= 0.6 is 0 Å². The number of hydrogen-bond acceptors (Lipinski definition) is 3. The number of rotatable bonds is 5. The van der Waals surface area contributed by atoms with Gasteiger partial charge < -0.3 is 15.3 Å². The number of aromatic hydroxyl groups is 1. The van der Waals surface area contributed by atoms with E-state index in [1.54, 1.807) is 6.07 Å². The Balaban J connectivity index is 1.87. The average molecular weight is 234 g/mol. The predicted octanol–water partition coefficient (Wildman–Crippen LogP) is 1.92. The minimum Gasteiger partial charge on any atom is -0.508 e. The van der Waals surface area contributed by atoms with Crippen LogP contribution in [-0.4, -0.2) is 37.2 Å². The molecule has 0 radical (unpaired) electrons. The van der Waals surface area contributed by atoms with Crippen LogP contribution in [0, 0.1) is 0 Å². The largest absolute Gasteiger partial charge is 0.508 e. The van der Waals surface area contributed by atoms with Gasteiger partial charge >= 0.3 is 0 Å². The van der Waals surface area contributed by atoms with Gasteiger partial charge in [0, 0.05) is 6.04 Å². The fourth-order valence-corrected chi connectivity index (χ4v) is 2.52. The van der Waals surface area contributed by atoms with Crippen molar-refractivity contribution in [3.8, 4) is 5.75 Å². The SMILES string of the molecule is CN(C)CCCNC1CCc2c(O)cccc21. The van der Waals surface area contributed by atoms with Gasteiger partial charge in [-0.2, -0.15) is 0 Å². The van der Waals surface area contributed by atoms with Gasteiger partial charge in [-0.3, -0.25) is 0 Å². The summed E-state index contributed by atoms with van der Waals surface area (Å²) in [6.07, 6.45) is 3.26. The minimum atomic E-state index is 0.430. The number of phenols is 1. The molecule has 1 aromatic rings. The van der Waals surface area contributed by atoms with Crippen molar-refractivity contribution in [3.05, 3.63) is 29.3 Å². The van der Waals surface area contributed by atoms with Gasteiger partial charge in [0.05, 0.1) is 0 Å². The number of benzene rings is 1. The van der Waals surface area contributed by atoms with Crippen molar-refractivity contribution in [2.75, 3.05) is 27.2 Å². The fraction of sp³-hybridized carbons (Fsp3) is 0.571. The summed E-state index contributed by atoms with van der Waals surface area (Å²) < 4.78 is 0. The lowest BCUT2D eigenvalue weighted by atomic mass is 10.1. The highest BCUT2D eigenvalue weighted by molar-refractivity contribution is 5.44. The van der Waals surface area contributed by atoms with E-state index < -0.39 is 0 Å². The molecule has 3 heteroatoms. The van der Waals surface area contributed by atoms with Crippen molar-refractivity contribution in [3.63, 3.8) is 0 Å². The number of hydrogen-bond donors (Lipinski definition) is 2. The Kier molecular flexibility index (Phi) is 4.02. The van der Waals surface area contributed by atoms with Gasteiger partial charge in [-0.1, -0.05) is 12.1 Å². The van der Waals surface area contributed by atoms with Crippen molar-refractivity contribution >= 4 is 0 Å². The molecule has 94 valence electrons. The molecule has 3 nitrogen and oxygen atoms in total. The molecule has 0 aliphatic heterocycles. The third-order valence-corrected chi connectivity index (χ3v) is 3.42.